The maximum Gasteiger partial charge on any atom is 0.416 e. The number of benzene rings is 3. The fourth-order valence-corrected chi connectivity index (χ4v) is 3.66. The lowest BCUT2D eigenvalue weighted by atomic mass is 9.95. The molecule has 0 radical (unpaired) electrons. The Balaban J connectivity index is 2.04. The fourth-order valence-electron chi connectivity index (χ4n) is 3.06. The van der Waals surface area contributed by atoms with Crippen LogP contribution in [0.25, 0.3) is 11.1 Å². The predicted octanol–water partition coefficient (Wildman–Crippen LogP) is 6.72. The lowest BCUT2D eigenvalue weighted by Gasteiger charge is -2.15. The van der Waals surface area contributed by atoms with Gasteiger partial charge in [0.25, 0.3) is 0 Å². The van der Waals surface area contributed by atoms with E-state index in [1.165, 1.54) is 12.1 Å². The van der Waals surface area contributed by atoms with E-state index in [9.17, 15) is 27.5 Å². The number of aliphatic carboxylic acids is 1. The van der Waals surface area contributed by atoms with Crippen LogP contribution in [0.3, 0.4) is 0 Å². The van der Waals surface area contributed by atoms with Crippen molar-refractivity contribution in [2.45, 2.75) is 12.6 Å². The van der Waals surface area contributed by atoms with Crippen molar-refractivity contribution in [2.75, 3.05) is 6.61 Å². The first kappa shape index (κ1) is 24.6. The molecule has 3 rings (SSSR count). The van der Waals surface area contributed by atoms with E-state index in [1.54, 1.807) is 0 Å². The molecule has 0 bridgehead atoms. The van der Waals surface area contributed by atoms with Crippen molar-refractivity contribution in [2.24, 2.45) is 0 Å². The van der Waals surface area contributed by atoms with Crippen LogP contribution in [-0.2, 0) is 17.4 Å². The third-order valence-corrected chi connectivity index (χ3v) is 5.28. The van der Waals surface area contributed by atoms with Crippen LogP contribution in [0.15, 0.2) is 42.5 Å². The summed E-state index contributed by atoms with van der Waals surface area (Å²) >= 11 is 12.3. The van der Waals surface area contributed by atoms with Crippen molar-refractivity contribution in [3.8, 4) is 22.6 Å². The SMILES string of the molecule is O=C(O)COc1cc(Cl)c(Cc2ccc(O)c(-c3cc(C(F)(F)F)ccc3F)c2F)c(Cl)c1. The third-order valence-electron chi connectivity index (χ3n) is 4.61. The molecule has 0 amide bonds. The summed E-state index contributed by atoms with van der Waals surface area (Å²) in [5.41, 5.74) is -2.67. The second-order valence-electron chi connectivity index (χ2n) is 6.85. The number of phenols is 1. The summed E-state index contributed by atoms with van der Waals surface area (Å²) in [7, 11) is 0. The number of halogens is 7. The van der Waals surface area contributed by atoms with E-state index in [1.807, 2.05) is 0 Å². The van der Waals surface area contributed by atoms with Crippen LogP contribution >= 0.6 is 23.2 Å². The second-order valence-corrected chi connectivity index (χ2v) is 7.66. The van der Waals surface area contributed by atoms with Crippen molar-refractivity contribution in [3.05, 3.63) is 80.8 Å². The molecule has 0 aromatic heterocycles. The van der Waals surface area contributed by atoms with Gasteiger partial charge in [0, 0.05) is 22.0 Å². The number of carbonyl (C=O) groups is 1. The Hall–Kier alpha value is -3.04. The summed E-state index contributed by atoms with van der Waals surface area (Å²) in [5.74, 6) is -4.26. The van der Waals surface area contributed by atoms with Gasteiger partial charge < -0.3 is 14.9 Å². The number of carboxylic acids is 1. The Labute approximate surface area is 193 Å². The van der Waals surface area contributed by atoms with Crippen molar-refractivity contribution >= 4 is 29.2 Å². The molecule has 3 aromatic carbocycles. The molecule has 3 aromatic rings. The Morgan fingerprint density at radius 2 is 1.64 bits per heavy atom. The molecule has 174 valence electrons. The lowest BCUT2D eigenvalue weighted by Crippen LogP contribution is -2.09. The van der Waals surface area contributed by atoms with Gasteiger partial charge in [-0.05, 0) is 47.5 Å². The van der Waals surface area contributed by atoms with Crippen LogP contribution in [0.1, 0.15) is 16.7 Å². The van der Waals surface area contributed by atoms with Crippen molar-refractivity contribution in [1.29, 1.82) is 0 Å². The van der Waals surface area contributed by atoms with Gasteiger partial charge >= 0.3 is 12.1 Å². The van der Waals surface area contributed by atoms with Crippen LogP contribution in [0.4, 0.5) is 22.0 Å². The van der Waals surface area contributed by atoms with Gasteiger partial charge in [0.1, 0.15) is 23.1 Å². The molecule has 0 unspecified atom stereocenters. The monoisotopic (exact) mass is 506 g/mol. The van der Waals surface area contributed by atoms with E-state index >= 15 is 4.39 Å². The largest absolute Gasteiger partial charge is 0.507 e. The van der Waals surface area contributed by atoms with Gasteiger partial charge in [0.15, 0.2) is 6.61 Å². The zero-order valence-corrected chi connectivity index (χ0v) is 17.8. The molecular weight excluding hydrogens is 494 g/mol. The van der Waals surface area contributed by atoms with Gasteiger partial charge in [0.2, 0.25) is 0 Å². The normalized spacial score (nSPS) is 11.5. The van der Waals surface area contributed by atoms with E-state index in [4.69, 9.17) is 33.0 Å². The predicted molar refractivity (Wildman–Crippen MR) is 111 cm³/mol. The molecule has 11 heteroatoms. The van der Waals surface area contributed by atoms with Gasteiger partial charge in [-0.1, -0.05) is 29.3 Å². The second kappa shape index (κ2) is 9.44. The van der Waals surface area contributed by atoms with Gasteiger partial charge in [-0.3, -0.25) is 0 Å². The quantitative estimate of drug-likeness (QED) is 0.364. The standard InChI is InChI=1S/C22H13Cl2F5O4/c23-15-7-12(33-9-19(31)32)8-16(24)13(15)5-10-1-4-18(30)20(21(10)26)14-6-11(22(27,28)29)2-3-17(14)25/h1-4,6-8,30H,5,9H2,(H,31,32). The maximum absolute atomic E-state index is 15.3. The van der Waals surface area contributed by atoms with Crippen LogP contribution in [0.5, 0.6) is 11.5 Å². The van der Waals surface area contributed by atoms with Crippen LogP contribution in [0, 0.1) is 11.6 Å². The zero-order chi connectivity index (χ0) is 24.5. The summed E-state index contributed by atoms with van der Waals surface area (Å²) in [6, 6.07) is 6.14. The average Bonchev–Trinajstić information content (AvgIpc) is 2.71. The number of alkyl halides is 3. The highest BCUT2D eigenvalue weighted by Crippen LogP contribution is 2.40. The Kier molecular flexibility index (Phi) is 7.04. The van der Waals surface area contributed by atoms with Gasteiger partial charge in [-0.15, -0.1) is 0 Å². The minimum Gasteiger partial charge on any atom is -0.507 e. The first-order valence-corrected chi connectivity index (χ1v) is 9.84. The molecule has 0 fully saturated rings. The number of hydrogen-bond donors (Lipinski definition) is 2. The molecule has 0 saturated carbocycles. The van der Waals surface area contributed by atoms with Crippen LogP contribution in [-0.4, -0.2) is 22.8 Å². The van der Waals surface area contributed by atoms with Crippen LogP contribution in [0.2, 0.25) is 10.0 Å². The topological polar surface area (TPSA) is 66.8 Å². The summed E-state index contributed by atoms with van der Waals surface area (Å²) in [6.07, 6.45) is -5.08. The van der Waals surface area contributed by atoms with Gasteiger partial charge in [-0.2, -0.15) is 13.2 Å². The molecule has 2 N–H and O–H groups in total. The van der Waals surface area contributed by atoms with Gasteiger partial charge in [-0.25, -0.2) is 13.6 Å². The number of rotatable bonds is 6. The van der Waals surface area contributed by atoms with Crippen LogP contribution < -0.4 is 4.74 Å². The Morgan fingerprint density at radius 1 is 1.00 bits per heavy atom. The van der Waals surface area contributed by atoms with E-state index in [0.29, 0.717) is 18.2 Å². The first-order valence-electron chi connectivity index (χ1n) is 9.08. The minimum absolute atomic E-state index is 0.00200. The average molecular weight is 507 g/mol. The summed E-state index contributed by atoms with van der Waals surface area (Å²) in [4.78, 5) is 10.6. The van der Waals surface area contributed by atoms with Crippen molar-refractivity contribution in [1.82, 2.24) is 0 Å². The molecule has 0 aliphatic heterocycles. The minimum atomic E-state index is -4.81. The van der Waals surface area contributed by atoms with E-state index in [-0.39, 0.29) is 33.3 Å². The molecular formula is C22H13Cl2F5O4. The molecule has 0 aliphatic rings. The molecule has 0 heterocycles. The number of aromatic hydroxyl groups is 1. The molecule has 0 atom stereocenters. The Morgan fingerprint density at radius 3 is 2.21 bits per heavy atom. The number of carboxylic acid groups (broad SMARTS) is 1. The number of phenolic OH excluding ortho intramolecular Hbond substituents is 1. The highest BCUT2D eigenvalue weighted by atomic mass is 35.5. The zero-order valence-electron chi connectivity index (χ0n) is 16.3. The van der Waals surface area contributed by atoms with Gasteiger partial charge in [0.05, 0.1) is 11.1 Å². The first-order chi connectivity index (χ1) is 15.4. The molecule has 0 aliphatic carbocycles. The highest BCUT2D eigenvalue weighted by Gasteiger charge is 2.32. The Bertz CT molecular complexity index is 1210. The van der Waals surface area contributed by atoms with E-state index in [0.717, 1.165) is 12.1 Å². The number of ether oxygens (including phenoxy) is 1. The summed E-state index contributed by atoms with van der Waals surface area (Å²) < 4.78 is 73.8. The number of hydrogen-bond acceptors (Lipinski definition) is 3. The summed E-state index contributed by atoms with van der Waals surface area (Å²) in [5, 5.41) is 18.8. The van der Waals surface area contributed by atoms with E-state index < -0.39 is 52.8 Å². The molecule has 0 spiro atoms. The smallest absolute Gasteiger partial charge is 0.416 e. The van der Waals surface area contributed by atoms with E-state index in [2.05, 4.69) is 0 Å². The maximum atomic E-state index is 15.3. The summed E-state index contributed by atoms with van der Waals surface area (Å²) in [6.45, 7) is -0.648. The van der Waals surface area contributed by atoms with Crippen molar-refractivity contribution in [3.63, 3.8) is 0 Å². The van der Waals surface area contributed by atoms with Crippen molar-refractivity contribution < 1.29 is 41.7 Å². The fraction of sp³-hybridized carbons (Fsp3) is 0.136. The molecule has 4 nitrogen and oxygen atoms in total. The lowest BCUT2D eigenvalue weighted by molar-refractivity contribution is -0.139. The highest BCUT2D eigenvalue weighted by molar-refractivity contribution is 6.36. The molecule has 0 saturated heterocycles. The third kappa shape index (κ3) is 5.48. The molecule has 33 heavy (non-hydrogen) atoms.